The number of nitrogens with zero attached hydrogens (tertiary/aromatic N) is 1. The van der Waals surface area contributed by atoms with E-state index in [0.717, 1.165) is 6.07 Å². The molecule has 0 spiro atoms. The molecule has 7 nitrogen and oxygen atoms in total. The van der Waals surface area contributed by atoms with Gasteiger partial charge in [-0.25, -0.2) is 0 Å². The lowest BCUT2D eigenvalue weighted by molar-refractivity contribution is -0.388. The monoisotopic (exact) mass is 322 g/mol. The van der Waals surface area contributed by atoms with Crippen molar-refractivity contribution in [2.24, 2.45) is 0 Å². The van der Waals surface area contributed by atoms with Crippen LogP contribution in [0.5, 0.6) is 0 Å². The fourth-order valence-electron chi connectivity index (χ4n) is 1.71. The number of carbonyl (C=O) groups excluding carboxylic acids is 1. The number of amides is 1. The van der Waals surface area contributed by atoms with E-state index in [9.17, 15) is 38.3 Å². The number of rotatable bonds is 5. The highest BCUT2D eigenvalue weighted by atomic mass is 19.4. The van der Waals surface area contributed by atoms with Gasteiger partial charge in [0.15, 0.2) is 0 Å². The third-order valence-corrected chi connectivity index (χ3v) is 2.79. The average molecular weight is 322 g/mol. The normalized spacial score (nSPS) is 14.3. The van der Waals surface area contributed by atoms with Gasteiger partial charge in [0.05, 0.1) is 4.92 Å². The predicted octanol–water partition coefficient (Wildman–Crippen LogP) is 1.14. The number of alkyl halides is 3. The fourth-order valence-corrected chi connectivity index (χ4v) is 1.71. The van der Waals surface area contributed by atoms with Gasteiger partial charge in [0.1, 0.15) is 17.8 Å². The van der Waals surface area contributed by atoms with E-state index in [0.29, 0.717) is 12.1 Å². The molecule has 1 amide bonds. The number of aliphatic hydroxyl groups excluding tert-OH is 2. The summed E-state index contributed by atoms with van der Waals surface area (Å²) in [5.74, 6) is -0.482. The third kappa shape index (κ3) is 4.40. The van der Waals surface area contributed by atoms with Crippen LogP contribution in [0, 0.1) is 10.1 Å². The molecule has 0 saturated heterocycles. The quantitative estimate of drug-likeness (QED) is 0.556. The summed E-state index contributed by atoms with van der Waals surface area (Å²) < 4.78 is 37.9. The van der Waals surface area contributed by atoms with Crippen LogP contribution in [0.4, 0.5) is 18.9 Å². The Morgan fingerprint density at radius 2 is 2.00 bits per heavy atom. The van der Waals surface area contributed by atoms with Crippen molar-refractivity contribution in [1.29, 1.82) is 0 Å². The molecule has 3 N–H and O–H groups in total. The highest BCUT2D eigenvalue weighted by molar-refractivity contribution is 5.72. The summed E-state index contributed by atoms with van der Waals surface area (Å²) in [5, 5.41) is 32.4. The molecule has 0 aliphatic carbocycles. The number of nitrogens with one attached hydrogen (secondary N) is 1. The van der Waals surface area contributed by atoms with Crippen molar-refractivity contribution in [3.63, 3.8) is 0 Å². The molecule has 1 aromatic carbocycles. The molecule has 0 heterocycles. The summed E-state index contributed by atoms with van der Waals surface area (Å²) >= 11 is 0. The highest BCUT2D eigenvalue weighted by Crippen LogP contribution is 2.37. The largest absolute Gasteiger partial charge is 0.422 e. The van der Waals surface area contributed by atoms with E-state index in [2.05, 4.69) is 5.32 Å². The van der Waals surface area contributed by atoms with Crippen LogP contribution in [0.1, 0.15) is 24.2 Å². The summed E-state index contributed by atoms with van der Waals surface area (Å²) in [6, 6.07) is 1.84. The summed E-state index contributed by atoms with van der Waals surface area (Å²) in [4.78, 5) is 20.2. The Morgan fingerprint density at radius 1 is 1.41 bits per heavy atom. The van der Waals surface area contributed by atoms with Gasteiger partial charge in [-0.2, -0.15) is 13.2 Å². The van der Waals surface area contributed by atoms with Crippen molar-refractivity contribution in [2.45, 2.75) is 25.3 Å². The minimum absolute atomic E-state index is 0.266. The zero-order valence-corrected chi connectivity index (χ0v) is 11.3. The lowest BCUT2D eigenvalue weighted by Gasteiger charge is -2.19. The van der Waals surface area contributed by atoms with Crippen LogP contribution in [0.2, 0.25) is 0 Å². The molecule has 2 atom stereocenters. The Hall–Kier alpha value is -2.20. The molecule has 22 heavy (non-hydrogen) atoms. The highest BCUT2D eigenvalue weighted by Gasteiger charge is 2.38. The number of benzene rings is 1. The molecule has 0 radical (unpaired) electrons. The van der Waals surface area contributed by atoms with Gasteiger partial charge in [-0.1, -0.05) is 6.07 Å². The molecule has 0 aromatic heterocycles. The first-order chi connectivity index (χ1) is 10.0. The van der Waals surface area contributed by atoms with Gasteiger partial charge in [0.25, 0.3) is 5.69 Å². The molecule has 0 aliphatic heterocycles. The van der Waals surface area contributed by atoms with E-state index in [1.807, 2.05) is 0 Å². The number of hydrogen-bond donors (Lipinski definition) is 3. The molecule has 0 bridgehead atoms. The smallest absolute Gasteiger partial charge is 0.388 e. The molecule has 2 unspecified atom stereocenters. The van der Waals surface area contributed by atoms with Crippen molar-refractivity contribution < 1.29 is 33.1 Å². The van der Waals surface area contributed by atoms with Gasteiger partial charge in [-0.15, -0.1) is 0 Å². The summed E-state index contributed by atoms with van der Waals surface area (Å²) in [5.41, 5.74) is -2.95. The first kappa shape index (κ1) is 17.9. The van der Waals surface area contributed by atoms with Crippen LogP contribution in [-0.2, 0) is 11.0 Å². The van der Waals surface area contributed by atoms with Crippen molar-refractivity contribution in [1.82, 2.24) is 5.32 Å². The second-order valence-electron chi connectivity index (χ2n) is 4.48. The average Bonchev–Trinajstić information content (AvgIpc) is 2.42. The molecule has 0 fully saturated rings. The number of nitro benzene ring substituents is 1. The third-order valence-electron chi connectivity index (χ3n) is 2.79. The SMILES string of the molecule is CC(=O)NCC(O)C(O)c1ccc(C(F)(F)F)c([N+](=O)[O-])c1. The first-order valence-electron chi connectivity index (χ1n) is 6.00. The van der Waals surface area contributed by atoms with Gasteiger partial charge in [-0.3, -0.25) is 14.9 Å². The van der Waals surface area contributed by atoms with Gasteiger partial charge in [0.2, 0.25) is 5.91 Å². The topological polar surface area (TPSA) is 113 Å². The van der Waals surface area contributed by atoms with Crippen LogP contribution >= 0.6 is 0 Å². The minimum Gasteiger partial charge on any atom is -0.388 e. The van der Waals surface area contributed by atoms with Crippen LogP contribution < -0.4 is 5.32 Å². The van der Waals surface area contributed by atoms with Crippen LogP contribution in [0.25, 0.3) is 0 Å². The van der Waals surface area contributed by atoms with Crippen molar-refractivity contribution in [3.05, 3.63) is 39.4 Å². The minimum atomic E-state index is -4.92. The fraction of sp³-hybridized carbons (Fsp3) is 0.417. The molecule has 10 heteroatoms. The van der Waals surface area contributed by atoms with Crippen LogP contribution in [0.3, 0.4) is 0 Å². The van der Waals surface area contributed by atoms with Crippen LogP contribution in [0.15, 0.2) is 18.2 Å². The number of hydrogen-bond acceptors (Lipinski definition) is 5. The summed E-state index contributed by atoms with van der Waals surface area (Å²) in [7, 11) is 0. The predicted molar refractivity (Wildman–Crippen MR) is 67.7 cm³/mol. The number of nitro groups is 1. The van der Waals surface area contributed by atoms with Gasteiger partial charge in [0, 0.05) is 19.5 Å². The lowest BCUT2D eigenvalue weighted by Crippen LogP contribution is -2.34. The maximum Gasteiger partial charge on any atom is 0.422 e. The van der Waals surface area contributed by atoms with E-state index in [1.165, 1.54) is 6.92 Å². The zero-order valence-electron chi connectivity index (χ0n) is 11.3. The van der Waals surface area contributed by atoms with Crippen molar-refractivity contribution in [3.8, 4) is 0 Å². The molecule has 0 aliphatic rings. The zero-order chi connectivity index (χ0) is 17.1. The molecule has 1 rings (SSSR count). The maximum atomic E-state index is 12.6. The van der Waals surface area contributed by atoms with Crippen molar-refractivity contribution >= 4 is 11.6 Å². The second-order valence-corrected chi connectivity index (χ2v) is 4.48. The van der Waals surface area contributed by atoms with Crippen LogP contribution in [-0.4, -0.2) is 33.7 Å². The van der Waals surface area contributed by atoms with Gasteiger partial charge in [-0.05, 0) is 11.6 Å². The Labute approximate surface area is 122 Å². The van der Waals surface area contributed by atoms with Gasteiger partial charge >= 0.3 is 6.18 Å². The summed E-state index contributed by atoms with van der Waals surface area (Å²) in [6.07, 6.45) is -8.13. The molecule has 0 saturated carbocycles. The Morgan fingerprint density at radius 3 is 2.45 bits per heavy atom. The summed E-state index contributed by atoms with van der Waals surface area (Å²) in [6.45, 7) is 0.813. The number of aliphatic hydroxyl groups is 2. The van der Waals surface area contributed by atoms with E-state index >= 15 is 0 Å². The molecule has 1 aromatic rings. The molecule has 122 valence electrons. The Balaban J connectivity index is 3.09. The van der Waals surface area contributed by atoms with E-state index in [-0.39, 0.29) is 12.1 Å². The maximum absolute atomic E-state index is 12.6. The second kappa shape index (κ2) is 6.71. The number of halogens is 3. The first-order valence-corrected chi connectivity index (χ1v) is 6.00. The standard InChI is InChI=1S/C12H13F3N2O5/c1-6(18)16-5-10(19)11(20)7-2-3-8(12(13,14)15)9(4-7)17(21)22/h2-4,10-11,19-20H,5H2,1H3,(H,16,18). The molecular weight excluding hydrogens is 309 g/mol. The lowest BCUT2D eigenvalue weighted by atomic mass is 10.0. The van der Waals surface area contributed by atoms with E-state index in [1.54, 1.807) is 0 Å². The number of carbonyl (C=O) groups is 1. The van der Waals surface area contributed by atoms with Gasteiger partial charge < -0.3 is 15.5 Å². The van der Waals surface area contributed by atoms with E-state index in [4.69, 9.17) is 0 Å². The van der Waals surface area contributed by atoms with E-state index < -0.39 is 40.5 Å². The van der Waals surface area contributed by atoms with Crippen molar-refractivity contribution in [2.75, 3.05) is 6.54 Å². The Bertz CT molecular complexity index is 576. The molecular formula is C12H13F3N2O5. The Kier molecular flexibility index (Phi) is 5.44.